The summed E-state index contributed by atoms with van der Waals surface area (Å²) in [6.45, 7) is 1.81. The van der Waals surface area contributed by atoms with Crippen LogP contribution < -0.4 is 0 Å². The van der Waals surface area contributed by atoms with Crippen molar-refractivity contribution in [3.8, 4) is 0 Å². The summed E-state index contributed by atoms with van der Waals surface area (Å²) in [4.78, 5) is 12.0. The Hall–Kier alpha value is -2.18. The van der Waals surface area contributed by atoms with Crippen LogP contribution in [0.5, 0.6) is 0 Å². The molecular weight excluding hydrogens is 272 g/mol. The zero-order valence-electron chi connectivity index (χ0n) is 12.0. The highest BCUT2D eigenvalue weighted by Crippen LogP contribution is 2.27. The van der Waals surface area contributed by atoms with E-state index < -0.39 is 5.97 Å². The van der Waals surface area contributed by atoms with Crippen molar-refractivity contribution in [3.63, 3.8) is 0 Å². The highest BCUT2D eigenvalue weighted by Gasteiger charge is 2.18. The molecule has 0 spiro atoms. The van der Waals surface area contributed by atoms with E-state index in [1.165, 1.54) is 19.3 Å². The molecular formula is C14H18N4O3. The van der Waals surface area contributed by atoms with E-state index in [-0.39, 0.29) is 6.61 Å². The molecule has 0 aromatic carbocycles. The zero-order valence-corrected chi connectivity index (χ0v) is 12.0. The van der Waals surface area contributed by atoms with Crippen LogP contribution in [0.25, 0.3) is 0 Å². The van der Waals surface area contributed by atoms with Crippen molar-refractivity contribution >= 4 is 5.97 Å². The monoisotopic (exact) mass is 290 g/mol. The van der Waals surface area contributed by atoms with E-state index in [1.54, 1.807) is 19.3 Å². The van der Waals surface area contributed by atoms with Crippen LogP contribution in [-0.2, 0) is 11.3 Å². The van der Waals surface area contributed by atoms with E-state index >= 15 is 0 Å². The number of nitrogens with zero attached hydrogens (tertiary/aromatic N) is 4. The lowest BCUT2D eigenvalue weighted by Gasteiger charge is -2.21. The van der Waals surface area contributed by atoms with E-state index in [4.69, 9.17) is 4.74 Å². The van der Waals surface area contributed by atoms with Crippen molar-refractivity contribution in [2.75, 3.05) is 0 Å². The van der Waals surface area contributed by atoms with Crippen LogP contribution in [0, 0.1) is 6.92 Å². The molecule has 1 fully saturated rings. The maximum absolute atomic E-state index is 12.0. The number of aryl methyl sites for hydroxylation is 1. The van der Waals surface area contributed by atoms with Gasteiger partial charge in [0.15, 0.2) is 0 Å². The normalized spacial score (nSPS) is 16.0. The third-order valence-corrected chi connectivity index (χ3v) is 3.87. The molecule has 3 rings (SSSR count). The number of ether oxygens (including phenoxy) is 1. The predicted octanol–water partition coefficient (Wildman–Crippen LogP) is 2.44. The average Bonchev–Trinajstić information content (AvgIpc) is 3.15. The van der Waals surface area contributed by atoms with Gasteiger partial charge in [-0.1, -0.05) is 29.6 Å². The standard InChI is InChI=1S/C14H18N4O3/c1-10-13(17-21-16-10)9-20-14(19)11-7-15-18(8-11)12-5-3-2-4-6-12/h7-8,12H,2-6,9H2,1H3. The van der Waals surface area contributed by atoms with Crippen molar-refractivity contribution < 1.29 is 14.2 Å². The van der Waals surface area contributed by atoms with Crippen molar-refractivity contribution in [2.45, 2.75) is 51.7 Å². The summed E-state index contributed by atoms with van der Waals surface area (Å²) in [6.07, 6.45) is 9.32. The minimum Gasteiger partial charge on any atom is -0.455 e. The molecule has 0 radical (unpaired) electrons. The molecule has 2 aromatic rings. The summed E-state index contributed by atoms with van der Waals surface area (Å²) in [5.74, 6) is -0.403. The van der Waals surface area contributed by atoms with E-state index in [1.807, 2.05) is 4.68 Å². The minimum atomic E-state index is -0.403. The van der Waals surface area contributed by atoms with Gasteiger partial charge in [-0.2, -0.15) is 5.10 Å². The Bertz CT molecular complexity index is 613. The van der Waals surface area contributed by atoms with Gasteiger partial charge in [-0.25, -0.2) is 9.42 Å². The second-order valence-electron chi connectivity index (χ2n) is 5.37. The fraction of sp³-hybridized carbons (Fsp3) is 0.571. The van der Waals surface area contributed by atoms with Gasteiger partial charge >= 0.3 is 5.97 Å². The highest BCUT2D eigenvalue weighted by molar-refractivity contribution is 5.88. The van der Waals surface area contributed by atoms with Crippen molar-refractivity contribution in [1.82, 2.24) is 20.1 Å². The van der Waals surface area contributed by atoms with Gasteiger partial charge in [0, 0.05) is 6.20 Å². The number of aromatic nitrogens is 4. The zero-order chi connectivity index (χ0) is 14.7. The minimum absolute atomic E-state index is 0.0583. The second-order valence-corrected chi connectivity index (χ2v) is 5.37. The van der Waals surface area contributed by atoms with Crippen LogP contribution in [0.1, 0.15) is 59.9 Å². The molecule has 1 aliphatic rings. The number of rotatable bonds is 4. The summed E-state index contributed by atoms with van der Waals surface area (Å²) in [5, 5.41) is 11.6. The lowest BCUT2D eigenvalue weighted by atomic mass is 9.96. The van der Waals surface area contributed by atoms with E-state index in [0.29, 0.717) is 23.0 Å². The van der Waals surface area contributed by atoms with E-state index in [9.17, 15) is 4.79 Å². The van der Waals surface area contributed by atoms with Gasteiger partial charge in [0.25, 0.3) is 0 Å². The predicted molar refractivity (Wildman–Crippen MR) is 72.5 cm³/mol. The lowest BCUT2D eigenvalue weighted by molar-refractivity contribution is 0.0463. The highest BCUT2D eigenvalue weighted by atomic mass is 16.6. The van der Waals surface area contributed by atoms with Crippen LogP contribution in [-0.4, -0.2) is 26.1 Å². The molecule has 2 aromatic heterocycles. The molecule has 0 aliphatic heterocycles. The Morgan fingerprint density at radius 3 is 2.90 bits per heavy atom. The number of carbonyl (C=O) groups is 1. The fourth-order valence-corrected chi connectivity index (χ4v) is 2.59. The molecule has 112 valence electrons. The number of hydrogen-bond acceptors (Lipinski definition) is 6. The molecule has 0 amide bonds. The molecule has 7 heteroatoms. The fourth-order valence-electron chi connectivity index (χ4n) is 2.59. The Balaban J connectivity index is 1.60. The molecule has 0 N–H and O–H groups in total. The molecule has 0 bridgehead atoms. The molecule has 0 saturated heterocycles. The molecule has 0 atom stereocenters. The van der Waals surface area contributed by atoms with Crippen molar-refractivity contribution in [3.05, 3.63) is 29.3 Å². The number of hydrogen-bond donors (Lipinski definition) is 0. The van der Waals surface area contributed by atoms with Crippen molar-refractivity contribution in [2.24, 2.45) is 0 Å². The number of esters is 1. The quantitative estimate of drug-likeness (QED) is 0.804. The van der Waals surface area contributed by atoms with E-state index in [2.05, 4.69) is 20.0 Å². The van der Waals surface area contributed by atoms with Crippen LogP contribution in [0.15, 0.2) is 17.0 Å². The number of carbonyl (C=O) groups excluding carboxylic acids is 1. The first-order valence-corrected chi connectivity index (χ1v) is 7.23. The van der Waals surface area contributed by atoms with Gasteiger partial charge < -0.3 is 4.74 Å². The van der Waals surface area contributed by atoms with Gasteiger partial charge in [-0.3, -0.25) is 4.68 Å². The second kappa shape index (κ2) is 6.07. The summed E-state index contributed by atoms with van der Waals surface area (Å²) in [5.41, 5.74) is 1.62. The average molecular weight is 290 g/mol. The Morgan fingerprint density at radius 1 is 1.38 bits per heavy atom. The Morgan fingerprint density at radius 2 is 2.19 bits per heavy atom. The van der Waals surface area contributed by atoms with Gasteiger partial charge in [-0.05, 0) is 19.8 Å². The van der Waals surface area contributed by atoms with Crippen LogP contribution in [0.2, 0.25) is 0 Å². The van der Waals surface area contributed by atoms with E-state index in [0.717, 1.165) is 12.8 Å². The van der Waals surface area contributed by atoms with Gasteiger partial charge in [0.1, 0.15) is 18.0 Å². The largest absolute Gasteiger partial charge is 0.455 e. The summed E-state index contributed by atoms with van der Waals surface area (Å²) >= 11 is 0. The maximum Gasteiger partial charge on any atom is 0.341 e. The Kier molecular flexibility index (Phi) is 3.98. The summed E-state index contributed by atoms with van der Waals surface area (Å²) < 4.78 is 11.6. The van der Waals surface area contributed by atoms with Gasteiger partial charge in [0.05, 0.1) is 17.8 Å². The van der Waals surface area contributed by atoms with Crippen LogP contribution >= 0.6 is 0 Å². The molecule has 1 aliphatic carbocycles. The Labute approximate surface area is 122 Å². The molecule has 1 saturated carbocycles. The summed E-state index contributed by atoms with van der Waals surface area (Å²) in [6, 6.07) is 0.405. The first kappa shape index (κ1) is 13.8. The lowest BCUT2D eigenvalue weighted by Crippen LogP contribution is -2.13. The first-order valence-electron chi connectivity index (χ1n) is 7.23. The van der Waals surface area contributed by atoms with Gasteiger partial charge in [0.2, 0.25) is 0 Å². The molecule has 0 unspecified atom stereocenters. The molecule has 2 heterocycles. The molecule has 21 heavy (non-hydrogen) atoms. The third kappa shape index (κ3) is 3.12. The van der Waals surface area contributed by atoms with Crippen LogP contribution in [0.3, 0.4) is 0 Å². The van der Waals surface area contributed by atoms with Crippen LogP contribution in [0.4, 0.5) is 0 Å². The third-order valence-electron chi connectivity index (χ3n) is 3.87. The topological polar surface area (TPSA) is 83.0 Å². The smallest absolute Gasteiger partial charge is 0.341 e. The summed E-state index contributed by atoms with van der Waals surface area (Å²) in [7, 11) is 0. The van der Waals surface area contributed by atoms with Gasteiger partial charge in [-0.15, -0.1) is 0 Å². The SMILES string of the molecule is Cc1nonc1COC(=O)c1cnn(C2CCCCC2)c1. The maximum atomic E-state index is 12.0. The molecule has 7 nitrogen and oxygen atoms in total. The van der Waals surface area contributed by atoms with Crippen molar-refractivity contribution in [1.29, 1.82) is 0 Å². The first-order chi connectivity index (χ1) is 10.2.